The quantitative estimate of drug-likeness (QED) is 0.467. The molecule has 0 aliphatic heterocycles. The Morgan fingerprint density at radius 1 is 1.18 bits per heavy atom. The number of fused-ring (bicyclic) bond motifs is 1. The number of hydrogen-bond acceptors (Lipinski definition) is 4. The van der Waals surface area contributed by atoms with E-state index in [0.717, 1.165) is 6.07 Å². The minimum atomic E-state index is -4.64. The Labute approximate surface area is 161 Å². The largest absolute Gasteiger partial charge is 0.418 e. The van der Waals surface area contributed by atoms with E-state index in [-0.39, 0.29) is 17.8 Å². The maximum Gasteiger partial charge on any atom is 0.418 e. The van der Waals surface area contributed by atoms with Crippen molar-refractivity contribution in [1.29, 1.82) is 5.26 Å². The minimum Gasteiger partial charge on any atom is -0.340 e. The van der Waals surface area contributed by atoms with Gasteiger partial charge in [0.2, 0.25) is 0 Å². The van der Waals surface area contributed by atoms with Crippen molar-refractivity contribution in [2.24, 2.45) is 0 Å². The Morgan fingerprint density at radius 3 is 2.71 bits per heavy atom. The number of nitriles is 1. The van der Waals surface area contributed by atoms with Gasteiger partial charge in [-0.05, 0) is 36.4 Å². The molecule has 0 aliphatic carbocycles. The highest BCUT2D eigenvalue weighted by atomic mass is 35.5. The molecule has 2 aromatic carbocycles. The molecule has 140 valence electrons. The fourth-order valence-electron chi connectivity index (χ4n) is 3.02. The third-order valence-corrected chi connectivity index (χ3v) is 4.44. The van der Waals surface area contributed by atoms with Crippen molar-refractivity contribution < 1.29 is 17.7 Å². The number of nitrogens with zero attached hydrogens (tertiary/aromatic N) is 4. The molecule has 0 amide bonds. The van der Waals surface area contributed by atoms with Crippen LogP contribution in [0.2, 0.25) is 5.02 Å². The van der Waals surface area contributed by atoms with Crippen LogP contribution in [0.15, 0.2) is 53.2 Å². The van der Waals surface area contributed by atoms with Crippen LogP contribution in [0.4, 0.5) is 13.2 Å². The lowest BCUT2D eigenvalue weighted by atomic mass is 10.0. The molecule has 2 aromatic heterocycles. The van der Waals surface area contributed by atoms with Crippen LogP contribution in [0, 0.1) is 11.3 Å². The fraction of sp³-hybridized carbons (Fsp3) is 0.105. The van der Waals surface area contributed by atoms with Gasteiger partial charge in [0.1, 0.15) is 0 Å². The SMILES string of the molecule is N#Cc1ccc2c(ccn2Cc2noc(-c3cccc(Cl)c3)n2)c1C(F)(F)F. The molecule has 0 bridgehead atoms. The van der Waals surface area contributed by atoms with Gasteiger partial charge in [0.25, 0.3) is 5.89 Å². The predicted octanol–water partition coefficient (Wildman–Crippen LogP) is 5.28. The Kier molecular flexibility index (Phi) is 4.32. The zero-order valence-corrected chi connectivity index (χ0v) is 14.8. The summed E-state index contributed by atoms with van der Waals surface area (Å²) in [6.45, 7) is 0.108. The molecular formula is C19H10ClF3N4O. The molecule has 9 heteroatoms. The standard InChI is InChI=1S/C19H10ClF3N4O/c20-13-3-1-2-11(8-13)18-25-16(26-28-18)10-27-7-6-14-15(27)5-4-12(9-24)17(14)19(21,22)23/h1-8H,10H2. The second-order valence-electron chi connectivity index (χ2n) is 6.00. The second-order valence-corrected chi connectivity index (χ2v) is 6.44. The number of aromatic nitrogens is 3. The average molecular weight is 403 g/mol. The minimum absolute atomic E-state index is 0.0508. The van der Waals surface area contributed by atoms with E-state index < -0.39 is 17.3 Å². The first kappa shape index (κ1) is 18.1. The molecule has 0 atom stereocenters. The van der Waals surface area contributed by atoms with Crippen molar-refractivity contribution in [2.45, 2.75) is 12.7 Å². The molecule has 0 fully saturated rings. The first-order chi connectivity index (χ1) is 13.4. The topological polar surface area (TPSA) is 67.6 Å². The van der Waals surface area contributed by atoms with Crippen LogP contribution in [0.3, 0.4) is 0 Å². The van der Waals surface area contributed by atoms with Gasteiger partial charge >= 0.3 is 6.18 Å². The summed E-state index contributed by atoms with van der Waals surface area (Å²) < 4.78 is 47.0. The third-order valence-electron chi connectivity index (χ3n) is 4.21. The van der Waals surface area contributed by atoms with E-state index in [0.29, 0.717) is 21.9 Å². The molecule has 4 rings (SSSR count). The van der Waals surface area contributed by atoms with Gasteiger partial charge in [-0.3, -0.25) is 0 Å². The Morgan fingerprint density at radius 2 is 2.00 bits per heavy atom. The normalized spacial score (nSPS) is 11.7. The molecule has 28 heavy (non-hydrogen) atoms. The van der Waals surface area contributed by atoms with E-state index >= 15 is 0 Å². The number of hydrogen-bond donors (Lipinski definition) is 0. The zero-order chi connectivity index (χ0) is 19.9. The van der Waals surface area contributed by atoms with Crippen LogP contribution in [-0.2, 0) is 12.7 Å². The molecule has 5 nitrogen and oxygen atoms in total. The Bertz CT molecular complexity index is 1220. The van der Waals surface area contributed by atoms with Crippen LogP contribution in [0.25, 0.3) is 22.4 Å². The van der Waals surface area contributed by atoms with Gasteiger partial charge in [0.15, 0.2) is 5.82 Å². The van der Waals surface area contributed by atoms with Crippen LogP contribution in [-0.4, -0.2) is 14.7 Å². The average Bonchev–Trinajstić information content (AvgIpc) is 3.28. The lowest BCUT2D eigenvalue weighted by Gasteiger charge is -2.11. The molecule has 0 saturated heterocycles. The fourth-order valence-corrected chi connectivity index (χ4v) is 3.21. The van der Waals surface area contributed by atoms with Crippen molar-refractivity contribution in [2.75, 3.05) is 0 Å². The summed E-state index contributed by atoms with van der Waals surface area (Å²) in [5.74, 6) is 0.558. The summed E-state index contributed by atoms with van der Waals surface area (Å²) >= 11 is 5.95. The zero-order valence-electron chi connectivity index (χ0n) is 14.0. The number of alkyl halides is 3. The van der Waals surface area contributed by atoms with Crippen LogP contribution in [0.1, 0.15) is 17.0 Å². The molecule has 0 N–H and O–H groups in total. The van der Waals surface area contributed by atoms with Crippen molar-refractivity contribution in [3.63, 3.8) is 0 Å². The van der Waals surface area contributed by atoms with Gasteiger partial charge in [-0.15, -0.1) is 0 Å². The van der Waals surface area contributed by atoms with Gasteiger partial charge < -0.3 is 9.09 Å². The van der Waals surface area contributed by atoms with E-state index in [1.165, 1.54) is 18.3 Å². The first-order valence-electron chi connectivity index (χ1n) is 8.04. The van der Waals surface area contributed by atoms with Gasteiger partial charge in [0.05, 0.1) is 23.7 Å². The maximum absolute atomic E-state index is 13.4. The van der Waals surface area contributed by atoms with Gasteiger partial charge in [-0.25, -0.2) is 0 Å². The molecule has 0 saturated carbocycles. The summed E-state index contributed by atoms with van der Waals surface area (Å²) in [5, 5.41) is 13.4. The molecule has 0 aliphatic rings. The molecule has 2 heterocycles. The van der Waals surface area contributed by atoms with Gasteiger partial charge in [-0.1, -0.05) is 22.8 Å². The highest BCUT2D eigenvalue weighted by Crippen LogP contribution is 2.37. The Hall–Kier alpha value is -3.31. The Balaban J connectivity index is 1.71. The van der Waals surface area contributed by atoms with Crippen molar-refractivity contribution in [3.8, 4) is 17.5 Å². The first-order valence-corrected chi connectivity index (χ1v) is 8.42. The van der Waals surface area contributed by atoms with Crippen LogP contribution >= 0.6 is 11.6 Å². The van der Waals surface area contributed by atoms with Crippen LogP contribution < -0.4 is 0 Å². The van der Waals surface area contributed by atoms with E-state index in [2.05, 4.69) is 10.1 Å². The highest BCUT2D eigenvalue weighted by molar-refractivity contribution is 6.30. The molecule has 0 unspecified atom stereocenters. The number of rotatable bonds is 3. The number of halogens is 4. The second kappa shape index (κ2) is 6.69. The maximum atomic E-state index is 13.4. The van der Waals surface area contributed by atoms with Gasteiger partial charge in [0, 0.05) is 27.7 Å². The van der Waals surface area contributed by atoms with Crippen LogP contribution in [0.5, 0.6) is 0 Å². The van der Waals surface area contributed by atoms with E-state index in [1.54, 1.807) is 34.9 Å². The molecule has 4 aromatic rings. The molecule has 0 spiro atoms. The third kappa shape index (κ3) is 3.21. The van der Waals surface area contributed by atoms with E-state index in [4.69, 9.17) is 21.4 Å². The highest BCUT2D eigenvalue weighted by Gasteiger charge is 2.36. The smallest absolute Gasteiger partial charge is 0.340 e. The summed E-state index contributed by atoms with van der Waals surface area (Å²) in [6, 6.07) is 12.4. The summed E-state index contributed by atoms with van der Waals surface area (Å²) in [6.07, 6.45) is -3.14. The van der Waals surface area contributed by atoms with E-state index in [9.17, 15) is 13.2 Å². The summed E-state index contributed by atoms with van der Waals surface area (Å²) in [5.41, 5.74) is -0.401. The lowest BCUT2D eigenvalue weighted by Crippen LogP contribution is -2.09. The summed E-state index contributed by atoms with van der Waals surface area (Å²) in [4.78, 5) is 4.28. The lowest BCUT2D eigenvalue weighted by molar-refractivity contribution is -0.136. The molecular weight excluding hydrogens is 393 g/mol. The molecule has 0 radical (unpaired) electrons. The predicted molar refractivity (Wildman–Crippen MR) is 95.5 cm³/mol. The summed E-state index contributed by atoms with van der Waals surface area (Å²) in [7, 11) is 0. The monoisotopic (exact) mass is 402 g/mol. The van der Waals surface area contributed by atoms with Crippen molar-refractivity contribution in [3.05, 3.63) is 70.6 Å². The van der Waals surface area contributed by atoms with Crippen molar-refractivity contribution >= 4 is 22.5 Å². The number of benzene rings is 2. The van der Waals surface area contributed by atoms with Gasteiger partial charge in [-0.2, -0.15) is 23.4 Å². The van der Waals surface area contributed by atoms with Crippen molar-refractivity contribution in [1.82, 2.24) is 14.7 Å². The van der Waals surface area contributed by atoms with E-state index in [1.807, 2.05) is 0 Å².